The van der Waals surface area contributed by atoms with Crippen LogP contribution in [0, 0.1) is 0 Å². The van der Waals surface area contributed by atoms with Crippen LogP contribution in [0.3, 0.4) is 0 Å². The predicted octanol–water partition coefficient (Wildman–Crippen LogP) is 29.2. The molecule has 0 spiro atoms. The topological polar surface area (TPSA) is 131 Å². The van der Waals surface area contributed by atoms with Crippen molar-refractivity contribution < 1.29 is 0 Å². The van der Waals surface area contributed by atoms with Crippen molar-refractivity contribution in [2.45, 2.75) is 57.8 Å². The monoisotopic (exact) mass is 1690 g/mol. The molecule has 12 nitrogen and oxygen atoms in total. The number of hydrogen-bond acceptors (Lipinski definition) is 9. The molecule has 3 aliphatic carbocycles. The van der Waals surface area contributed by atoms with Gasteiger partial charge in [0.2, 0.25) is 5.95 Å². The number of benzene rings is 17. The Morgan fingerprint density at radius 1 is 0.159 bits per heavy atom. The summed E-state index contributed by atoms with van der Waals surface area (Å²) in [4.78, 5) is 44.7. The van der Waals surface area contributed by atoms with Crippen LogP contribution in [0.2, 0.25) is 0 Å². The lowest BCUT2D eigenvalue weighted by Crippen LogP contribution is -2.15. The number of fused-ring (bicyclic) bond motifs is 18. The molecular formula is C120H86N12. The minimum absolute atomic E-state index is 0.0726. The highest BCUT2D eigenvalue weighted by atomic mass is 15.2. The fourth-order valence-corrected chi connectivity index (χ4v) is 20.6. The van der Waals surface area contributed by atoms with E-state index in [4.69, 9.17) is 44.9 Å². The number of aromatic nitrogens is 12. The molecule has 12 heteroatoms. The Morgan fingerprint density at radius 3 is 0.742 bits per heavy atom. The Hall–Kier alpha value is -16.8. The number of rotatable bonds is 11. The molecule has 0 unspecified atom stereocenters. The standard InChI is InChI=1S/2C42H30N4.C36H26N4/c1-42(2)35-22-11-9-20-31(35)33-25-34-32-21-10-12-23-37(32)46(38(34)26-36(33)42)30-19-13-18-29(24-30)41-44-39(27-14-5-3-6-15-27)43-40(45-41)28-16-7-4-8-17-28;1-42(2)35-19-11-9-17-31(35)33-25-34-32-18-10-12-20-37(32)46(38(34)26-36(33)42)30-23-21-29(22-24-30)41-44-39(27-13-5-3-6-14-27)43-40(45-41)28-15-7-4-8-16-28;1-36(2)29-19-11-9-17-25(29)27-21-28-26-18-10-12-20-31(26)40(32(28)22-30(27)36)35-38-33(23-13-5-3-6-14-23)37-34(39-35)24-15-7-4-8-16-24/h2*3-26H,1-2H3;3-22H,1-2H3. The Balaban J connectivity index is 0.000000110. The third-order valence-electron chi connectivity index (χ3n) is 27.2. The van der Waals surface area contributed by atoms with Gasteiger partial charge < -0.3 is 9.13 Å². The summed E-state index contributed by atoms with van der Waals surface area (Å²) in [5, 5.41) is 7.40. The van der Waals surface area contributed by atoms with Gasteiger partial charge in [-0.2, -0.15) is 9.97 Å². The lowest BCUT2D eigenvalue weighted by Gasteiger charge is -2.21. The van der Waals surface area contributed by atoms with E-state index in [0.29, 0.717) is 52.5 Å². The molecule has 17 aromatic carbocycles. The first kappa shape index (κ1) is 78.6. The normalized spacial score (nSPS) is 13.3. The summed E-state index contributed by atoms with van der Waals surface area (Å²) < 4.78 is 7.00. The molecule has 6 heterocycles. The largest absolute Gasteiger partial charge is 0.309 e. The van der Waals surface area contributed by atoms with Crippen LogP contribution in [0.5, 0.6) is 0 Å². The van der Waals surface area contributed by atoms with Gasteiger partial charge in [-0.1, -0.05) is 363 Å². The zero-order valence-electron chi connectivity index (χ0n) is 73.6. The van der Waals surface area contributed by atoms with Crippen LogP contribution in [-0.4, -0.2) is 58.6 Å². The van der Waals surface area contributed by atoms with Crippen LogP contribution in [-0.2, 0) is 16.2 Å². The molecule has 23 aromatic rings. The smallest absolute Gasteiger partial charge is 0.238 e. The van der Waals surface area contributed by atoms with Crippen LogP contribution in [0.4, 0.5) is 0 Å². The van der Waals surface area contributed by atoms with Gasteiger partial charge in [0.25, 0.3) is 0 Å². The Kier molecular flexibility index (Phi) is 18.6. The first-order valence-electron chi connectivity index (χ1n) is 45.1. The fraction of sp³-hybridized carbons (Fsp3) is 0.0750. The Bertz CT molecular complexity index is 8340. The number of hydrogen-bond donors (Lipinski definition) is 0. The van der Waals surface area contributed by atoms with Crippen molar-refractivity contribution in [3.05, 3.63) is 446 Å². The maximum Gasteiger partial charge on any atom is 0.238 e. The highest BCUT2D eigenvalue weighted by Crippen LogP contribution is 2.55. The molecule has 0 radical (unpaired) electrons. The van der Waals surface area contributed by atoms with Crippen molar-refractivity contribution in [3.8, 4) is 142 Å². The SMILES string of the molecule is CC1(C)c2ccccc2-c2cc3c4ccccc4n(-c4ccc(-c5nc(-c6ccccc6)nc(-c6ccccc6)n5)cc4)c3cc21.CC1(C)c2ccccc2-c2cc3c4ccccc4n(-c4cccc(-c5nc(-c6ccccc6)nc(-c6ccccc6)n5)c4)c3cc21.CC1(C)c2ccccc2-c2cc3c4ccccc4n(-c4nc(-c5ccccc5)nc(-c5ccccc5)n4)c3cc21. The molecule has 0 N–H and O–H groups in total. The third-order valence-corrected chi connectivity index (χ3v) is 27.2. The highest BCUT2D eigenvalue weighted by Gasteiger charge is 2.40. The third kappa shape index (κ3) is 13.1. The minimum Gasteiger partial charge on any atom is -0.309 e. The van der Waals surface area contributed by atoms with Crippen LogP contribution in [0.15, 0.2) is 413 Å². The van der Waals surface area contributed by atoms with E-state index >= 15 is 0 Å². The molecule has 0 saturated heterocycles. The van der Waals surface area contributed by atoms with E-state index in [1.807, 2.05) is 182 Å². The molecule has 626 valence electrons. The maximum absolute atomic E-state index is 5.08. The van der Waals surface area contributed by atoms with Gasteiger partial charge in [0.1, 0.15) is 0 Å². The average molecular weight is 1700 g/mol. The highest BCUT2D eigenvalue weighted by molar-refractivity contribution is 6.14. The van der Waals surface area contributed by atoms with Gasteiger partial charge >= 0.3 is 0 Å². The van der Waals surface area contributed by atoms with Crippen LogP contribution in [0.25, 0.3) is 207 Å². The Morgan fingerprint density at radius 2 is 0.409 bits per heavy atom. The van der Waals surface area contributed by atoms with Gasteiger partial charge in [-0.15, -0.1) is 0 Å². The molecule has 0 bridgehead atoms. The summed E-state index contributed by atoms with van der Waals surface area (Å²) in [6.07, 6.45) is 0. The summed E-state index contributed by atoms with van der Waals surface area (Å²) in [7, 11) is 0. The van der Waals surface area contributed by atoms with Crippen LogP contribution in [0.1, 0.15) is 74.9 Å². The molecule has 0 saturated carbocycles. The van der Waals surface area contributed by atoms with E-state index in [2.05, 4.69) is 286 Å². The van der Waals surface area contributed by atoms with Crippen LogP contribution >= 0.6 is 0 Å². The molecular weight excluding hydrogens is 1610 g/mol. The lowest BCUT2D eigenvalue weighted by molar-refractivity contribution is 0.661. The van der Waals surface area contributed by atoms with E-state index in [9.17, 15) is 0 Å². The molecule has 0 atom stereocenters. The van der Waals surface area contributed by atoms with E-state index in [1.165, 1.54) is 121 Å². The molecule has 132 heavy (non-hydrogen) atoms. The quantitative estimate of drug-likeness (QED) is 0.124. The predicted molar refractivity (Wildman–Crippen MR) is 539 cm³/mol. The molecule has 26 rings (SSSR count). The minimum atomic E-state index is -0.106. The first-order chi connectivity index (χ1) is 64.7. The van der Waals surface area contributed by atoms with Crippen molar-refractivity contribution >= 4 is 65.4 Å². The zero-order valence-corrected chi connectivity index (χ0v) is 73.6. The average Bonchev–Trinajstić information content (AvgIpc) is 1.56. The molecule has 0 fully saturated rings. The molecule has 3 aliphatic rings. The van der Waals surface area contributed by atoms with Crippen LogP contribution < -0.4 is 0 Å². The summed E-state index contributed by atoms with van der Waals surface area (Å²) in [6.45, 7) is 14.0. The van der Waals surface area contributed by atoms with Gasteiger partial charge in [0, 0.05) is 104 Å². The molecule has 0 aliphatic heterocycles. The fourth-order valence-electron chi connectivity index (χ4n) is 20.6. The summed E-state index contributed by atoms with van der Waals surface area (Å²) in [5.41, 5.74) is 32.7. The van der Waals surface area contributed by atoms with E-state index in [-0.39, 0.29) is 16.2 Å². The van der Waals surface area contributed by atoms with Crippen molar-refractivity contribution in [1.29, 1.82) is 0 Å². The summed E-state index contributed by atoms with van der Waals surface area (Å²) in [5.74, 6) is 5.86. The van der Waals surface area contributed by atoms with Crippen molar-refractivity contribution in [3.63, 3.8) is 0 Å². The maximum atomic E-state index is 5.08. The van der Waals surface area contributed by atoms with Gasteiger partial charge in [-0.25, -0.2) is 34.9 Å². The zero-order chi connectivity index (χ0) is 88.5. The van der Waals surface area contributed by atoms with Crippen molar-refractivity contribution in [2.24, 2.45) is 0 Å². The van der Waals surface area contributed by atoms with E-state index in [0.717, 1.165) is 66.9 Å². The second-order valence-electron chi connectivity index (χ2n) is 36.0. The molecule has 0 amide bonds. The van der Waals surface area contributed by atoms with Gasteiger partial charge in [-0.05, 0) is 158 Å². The molecule has 6 aromatic heterocycles. The second kappa shape index (κ2) is 31.3. The second-order valence-corrected chi connectivity index (χ2v) is 36.0. The van der Waals surface area contributed by atoms with Crippen molar-refractivity contribution in [1.82, 2.24) is 58.6 Å². The Labute approximate surface area is 764 Å². The number of nitrogens with zero attached hydrogens (tertiary/aromatic N) is 12. The van der Waals surface area contributed by atoms with E-state index < -0.39 is 0 Å². The van der Waals surface area contributed by atoms with Crippen molar-refractivity contribution in [2.75, 3.05) is 0 Å². The van der Waals surface area contributed by atoms with Gasteiger partial charge in [-0.3, -0.25) is 4.57 Å². The number of para-hydroxylation sites is 3. The first-order valence-corrected chi connectivity index (χ1v) is 45.1. The summed E-state index contributed by atoms with van der Waals surface area (Å²) in [6, 6.07) is 145. The van der Waals surface area contributed by atoms with Gasteiger partial charge in [0.15, 0.2) is 46.6 Å². The summed E-state index contributed by atoms with van der Waals surface area (Å²) >= 11 is 0. The lowest BCUT2D eigenvalue weighted by atomic mass is 9.82. The van der Waals surface area contributed by atoms with Gasteiger partial charge in [0.05, 0.1) is 33.1 Å². The van der Waals surface area contributed by atoms with E-state index in [1.54, 1.807) is 0 Å².